The van der Waals surface area contributed by atoms with Crippen LogP contribution in [0.15, 0.2) is 24.5 Å². The summed E-state index contributed by atoms with van der Waals surface area (Å²) in [6.07, 6.45) is 3.28. The second-order valence-corrected chi connectivity index (χ2v) is 2.82. The van der Waals surface area contributed by atoms with Gasteiger partial charge in [-0.15, -0.1) is 0 Å². The number of hydrogen-bond donors (Lipinski definition) is 1. The molecule has 1 aromatic carbocycles. The quantitative estimate of drug-likeness (QED) is 0.547. The first kappa shape index (κ1) is 8.26. The van der Waals surface area contributed by atoms with Crippen LogP contribution in [0.3, 0.4) is 0 Å². The van der Waals surface area contributed by atoms with E-state index in [9.17, 15) is 10.1 Å². The number of nitro groups is 1. The molecule has 5 nitrogen and oxygen atoms in total. The van der Waals surface area contributed by atoms with Crippen molar-refractivity contribution in [1.29, 1.82) is 5.26 Å². The predicted octanol–water partition coefficient (Wildman–Crippen LogP) is 1.95. The third-order valence-electron chi connectivity index (χ3n) is 1.99. The van der Waals surface area contributed by atoms with Crippen molar-refractivity contribution in [2.24, 2.45) is 0 Å². The lowest BCUT2D eigenvalue weighted by atomic mass is 10.1. The number of aromatic amines is 1. The van der Waals surface area contributed by atoms with Crippen LogP contribution in [-0.2, 0) is 0 Å². The molecule has 0 radical (unpaired) electrons. The van der Waals surface area contributed by atoms with Gasteiger partial charge in [-0.25, -0.2) is 0 Å². The molecule has 0 amide bonds. The minimum absolute atomic E-state index is 0.0614. The number of nitrogens with one attached hydrogen (secondary N) is 1. The Bertz CT molecular complexity index is 551. The summed E-state index contributed by atoms with van der Waals surface area (Å²) in [6, 6.07) is 4.64. The normalized spacial score (nSPS) is 9.93. The fourth-order valence-electron chi connectivity index (χ4n) is 1.35. The van der Waals surface area contributed by atoms with E-state index in [1.165, 1.54) is 12.1 Å². The summed E-state index contributed by atoms with van der Waals surface area (Å²) in [7, 11) is 0. The van der Waals surface area contributed by atoms with Crippen LogP contribution in [0.2, 0.25) is 0 Å². The highest BCUT2D eigenvalue weighted by Gasteiger charge is 2.11. The Morgan fingerprint density at radius 1 is 1.43 bits per heavy atom. The van der Waals surface area contributed by atoms with E-state index in [4.69, 9.17) is 5.26 Å². The molecule has 0 aliphatic rings. The Morgan fingerprint density at radius 3 is 2.86 bits per heavy atom. The number of hydrogen-bond acceptors (Lipinski definition) is 3. The average Bonchev–Trinajstić information content (AvgIpc) is 2.63. The molecule has 14 heavy (non-hydrogen) atoms. The smallest absolute Gasteiger partial charge is 0.271 e. The van der Waals surface area contributed by atoms with Crippen molar-refractivity contribution in [2.75, 3.05) is 0 Å². The summed E-state index contributed by atoms with van der Waals surface area (Å²) in [4.78, 5) is 12.8. The minimum atomic E-state index is -0.507. The lowest BCUT2D eigenvalue weighted by Gasteiger charge is -1.94. The van der Waals surface area contributed by atoms with Gasteiger partial charge in [0.15, 0.2) is 0 Å². The van der Waals surface area contributed by atoms with E-state index >= 15 is 0 Å². The van der Waals surface area contributed by atoms with E-state index in [-0.39, 0.29) is 5.69 Å². The highest BCUT2D eigenvalue weighted by molar-refractivity contribution is 5.89. The number of non-ortho nitro benzene ring substituents is 1. The van der Waals surface area contributed by atoms with Crippen LogP contribution in [-0.4, -0.2) is 9.91 Å². The van der Waals surface area contributed by atoms with Gasteiger partial charge in [-0.1, -0.05) is 0 Å². The largest absolute Gasteiger partial charge is 0.366 e. The first-order valence-corrected chi connectivity index (χ1v) is 3.87. The zero-order chi connectivity index (χ0) is 10.1. The molecule has 1 N–H and O–H groups in total. The number of benzene rings is 1. The number of rotatable bonds is 1. The fraction of sp³-hybridized carbons (Fsp3) is 0. The van der Waals surface area contributed by atoms with Crippen molar-refractivity contribution in [3.05, 3.63) is 40.2 Å². The second kappa shape index (κ2) is 2.85. The van der Waals surface area contributed by atoms with Crippen LogP contribution in [0.5, 0.6) is 0 Å². The van der Waals surface area contributed by atoms with Crippen LogP contribution < -0.4 is 0 Å². The van der Waals surface area contributed by atoms with Gasteiger partial charge in [-0.2, -0.15) is 5.26 Å². The second-order valence-electron chi connectivity index (χ2n) is 2.82. The van der Waals surface area contributed by atoms with Crippen LogP contribution in [0.4, 0.5) is 5.69 Å². The van der Waals surface area contributed by atoms with Gasteiger partial charge in [0.2, 0.25) is 0 Å². The summed E-state index contributed by atoms with van der Waals surface area (Å²) in [5, 5.41) is 20.7. The zero-order valence-corrected chi connectivity index (χ0v) is 7.02. The molecule has 0 aliphatic heterocycles. The van der Waals surface area contributed by atoms with Crippen molar-refractivity contribution in [1.82, 2.24) is 4.98 Å². The standard InChI is InChI=1S/C9H5N3O2/c10-3-6-1-8(12(13)14)2-7-4-11-5-9(6)7/h1-2,4-5,11H. The van der Waals surface area contributed by atoms with Gasteiger partial charge < -0.3 is 4.98 Å². The van der Waals surface area contributed by atoms with E-state index in [0.29, 0.717) is 16.3 Å². The molecule has 0 unspecified atom stereocenters. The van der Waals surface area contributed by atoms with Crippen molar-refractivity contribution in [3.63, 3.8) is 0 Å². The topological polar surface area (TPSA) is 82.7 Å². The molecule has 2 aromatic rings. The van der Waals surface area contributed by atoms with Crippen molar-refractivity contribution >= 4 is 16.5 Å². The summed E-state index contributed by atoms with van der Waals surface area (Å²) < 4.78 is 0. The molecule has 0 saturated carbocycles. The fourth-order valence-corrected chi connectivity index (χ4v) is 1.35. The van der Waals surface area contributed by atoms with Crippen molar-refractivity contribution < 1.29 is 4.92 Å². The number of nitro benzene ring substituents is 1. The molecular formula is C9H5N3O2. The van der Waals surface area contributed by atoms with Crippen molar-refractivity contribution in [3.8, 4) is 6.07 Å². The van der Waals surface area contributed by atoms with Gasteiger partial charge in [-0.3, -0.25) is 10.1 Å². The Hall–Kier alpha value is -2.35. The van der Waals surface area contributed by atoms with E-state index < -0.39 is 4.92 Å². The molecule has 0 spiro atoms. The first-order chi connectivity index (χ1) is 6.72. The Labute approximate surface area is 78.7 Å². The maximum atomic E-state index is 10.5. The molecule has 2 rings (SSSR count). The third-order valence-corrected chi connectivity index (χ3v) is 1.99. The highest BCUT2D eigenvalue weighted by Crippen LogP contribution is 2.24. The Balaban J connectivity index is 2.82. The lowest BCUT2D eigenvalue weighted by Crippen LogP contribution is -1.88. The molecule has 0 saturated heterocycles. The third kappa shape index (κ3) is 1.10. The maximum Gasteiger partial charge on any atom is 0.271 e. The first-order valence-electron chi connectivity index (χ1n) is 3.87. The summed E-state index contributed by atoms with van der Waals surface area (Å²) >= 11 is 0. The van der Waals surface area contributed by atoms with Gasteiger partial charge in [0, 0.05) is 35.3 Å². The summed E-state index contributed by atoms with van der Waals surface area (Å²) in [5.74, 6) is 0. The average molecular weight is 187 g/mol. The predicted molar refractivity (Wildman–Crippen MR) is 49.7 cm³/mol. The molecule has 1 heterocycles. The lowest BCUT2D eigenvalue weighted by molar-refractivity contribution is -0.384. The van der Waals surface area contributed by atoms with E-state index in [1.807, 2.05) is 6.07 Å². The molecule has 0 fully saturated rings. The zero-order valence-electron chi connectivity index (χ0n) is 7.02. The Morgan fingerprint density at radius 2 is 2.21 bits per heavy atom. The van der Waals surface area contributed by atoms with Crippen LogP contribution in [0.1, 0.15) is 5.56 Å². The molecule has 0 atom stereocenters. The molecular weight excluding hydrogens is 182 g/mol. The van der Waals surface area contributed by atoms with Gasteiger partial charge >= 0.3 is 0 Å². The van der Waals surface area contributed by atoms with E-state index in [1.54, 1.807) is 12.4 Å². The van der Waals surface area contributed by atoms with Gasteiger partial charge in [0.1, 0.15) is 6.07 Å². The monoisotopic (exact) mass is 187 g/mol. The number of aromatic nitrogens is 1. The highest BCUT2D eigenvalue weighted by atomic mass is 16.6. The van der Waals surface area contributed by atoms with Gasteiger partial charge in [-0.05, 0) is 0 Å². The van der Waals surface area contributed by atoms with E-state index in [0.717, 1.165) is 0 Å². The van der Waals surface area contributed by atoms with Gasteiger partial charge in [0.05, 0.1) is 10.5 Å². The molecule has 5 heteroatoms. The summed E-state index contributed by atoms with van der Waals surface area (Å²) in [5.41, 5.74) is 0.254. The Kier molecular flexibility index (Phi) is 1.68. The molecule has 1 aromatic heterocycles. The van der Waals surface area contributed by atoms with E-state index in [2.05, 4.69) is 4.98 Å². The minimum Gasteiger partial charge on any atom is -0.366 e. The summed E-state index contributed by atoms with van der Waals surface area (Å²) in [6.45, 7) is 0. The van der Waals surface area contributed by atoms with Crippen LogP contribution >= 0.6 is 0 Å². The molecule has 68 valence electrons. The van der Waals surface area contributed by atoms with Crippen LogP contribution in [0.25, 0.3) is 10.8 Å². The van der Waals surface area contributed by atoms with Gasteiger partial charge in [0.25, 0.3) is 5.69 Å². The number of H-pyrrole nitrogens is 1. The maximum absolute atomic E-state index is 10.5. The van der Waals surface area contributed by atoms with Crippen LogP contribution in [0, 0.1) is 21.4 Å². The SMILES string of the molecule is N#Cc1cc([N+](=O)[O-])cc2c[nH]cc12. The number of nitriles is 1. The molecule has 0 bridgehead atoms. The van der Waals surface area contributed by atoms with Crippen molar-refractivity contribution in [2.45, 2.75) is 0 Å². The molecule has 0 aliphatic carbocycles. The number of nitrogens with zero attached hydrogens (tertiary/aromatic N) is 2. The number of fused-ring (bicyclic) bond motifs is 1.